The van der Waals surface area contributed by atoms with Crippen LogP contribution in [0.2, 0.25) is 0 Å². The van der Waals surface area contributed by atoms with E-state index < -0.39 is 0 Å². The van der Waals surface area contributed by atoms with Crippen molar-refractivity contribution in [2.24, 2.45) is 4.99 Å². The van der Waals surface area contributed by atoms with Gasteiger partial charge >= 0.3 is 0 Å². The van der Waals surface area contributed by atoms with E-state index in [4.69, 9.17) is 9.73 Å². The van der Waals surface area contributed by atoms with E-state index >= 15 is 0 Å². The average Bonchev–Trinajstić information content (AvgIpc) is 2.58. The normalized spacial score (nSPS) is 16.9. The molecular weight excluding hydrogens is 314 g/mol. The van der Waals surface area contributed by atoms with Gasteiger partial charge in [0.05, 0.1) is 13.2 Å². The Kier molecular flexibility index (Phi) is 11.9. The Bertz CT molecular complexity index is 346. The third-order valence-electron chi connectivity index (χ3n) is 4.59. The predicted molar refractivity (Wildman–Crippen MR) is 107 cm³/mol. The highest BCUT2D eigenvalue weighted by Crippen LogP contribution is 2.03. The first-order valence-electron chi connectivity index (χ1n) is 10.1. The lowest BCUT2D eigenvalue weighted by atomic mass is 10.2. The van der Waals surface area contributed by atoms with Crippen LogP contribution in [-0.2, 0) is 4.74 Å². The van der Waals surface area contributed by atoms with Gasteiger partial charge in [0.1, 0.15) is 0 Å². The third kappa shape index (κ3) is 10.0. The third-order valence-corrected chi connectivity index (χ3v) is 4.59. The van der Waals surface area contributed by atoms with Gasteiger partial charge in [-0.15, -0.1) is 0 Å². The minimum absolute atomic E-state index is 0.571. The topological polar surface area (TPSA) is 52.1 Å². The maximum Gasteiger partial charge on any atom is 0.191 e. The molecule has 0 saturated carbocycles. The summed E-state index contributed by atoms with van der Waals surface area (Å²) >= 11 is 0. The molecular formula is C19H41N5O. The van der Waals surface area contributed by atoms with Gasteiger partial charge in [-0.1, -0.05) is 0 Å². The molecule has 2 N–H and O–H groups in total. The summed E-state index contributed by atoms with van der Waals surface area (Å²) in [5.74, 6) is 0.946. The van der Waals surface area contributed by atoms with E-state index in [2.05, 4.69) is 55.1 Å². The van der Waals surface area contributed by atoms with Crippen LogP contribution in [0.4, 0.5) is 0 Å². The number of morpholine rings is 1. The first kappa shape index (κ1) is 22.2. The van der Waals surface area contributed by atoms with E-state index in [1.54, 1.807) is 0 Å². The first-order valence-corrected chi connectivity index (χ1v) is 10.1. The smallest absolute Gasteiger partial charge is 0.191 e. The number of nitrogens with zero attached hydrogens (tertiary/aromatic N) is 3. The molecule has 1 saturated heterocycles. The Labute approximate surface area is 155 Å². The second kappa shape index (κ2) is 13.4. The fourth-order valence-corrected chi connectivity index (χ4v) is 3.22. The lowest BCUT2D eigenvalue weighted by Crippen LogP contribution is -2.45. The van der Waals surface area contributed by atoms with Crippen molar-refractivity contribution in [3.8, 4) is 0 Å². The molecule has 6 nitrogen and oxygen atoms in total. The lowest BCUT2D eigenvalue weighted by Gasteiger charge is -2.30. The van der Waals surface area contributed by atoms with Crippen molar-refractivity contribution in [2.45, 2.75) is 59.5 Å². The van der Waals surface area contributed by atoms with Crippen molar-refractivity contribution in [2.75, 3.05) is 59.0 Å². The van der Waals surface area contributed by atoms with E-state index in [0.717, 1.165) is 64.9 Å². The molecule has 1 rings (SSSR count). The van der Waals surface area contributed by atoms with Crippen LogP contribution in [0, 0.1) is 0 Å². The molecule has 25 heavy (non-hydrogen) atoms. The van der Waals surface area contributed by atoms with E-state index in [1.165, 1.54) is 13.0 Å². The molecule has 0 spiro atoms. The van der Waals surface area contributed by atoms with Crippen LogP contribution < -0.4 is 10.6 Å². The fourth-order valence-electron chi connectivity index (χ4n) is 3.22. The Morgan fingerprint density at radius 3 is 2.36 bits per heavy atom. The van der Waals surface area contributed by atoms with Gasteiger partial charge in [0.25, 0.3) is 0 Å². The fraction of sp³-hybridized carbons (Fsp3) is 0.947. The van der Waals surface area contributed by atoms with Crippen molar-refractivity contribution in [3.63, 3.8) is 0 Å². The van der Waals surface area contributed by atoms with Gasteiger partial charge in [-0.2, -0.15) is 0 Å². The Balaban J connectivity index is 2.23. The van der Waals surface area contributed by atoms with Gasteiger partial charge in [0.2, 0.25) is 0 Å². The van der Waals surface area contributed by atoms with E-state index in [1.807, 2.05) is 0 Å². The number of nitrogens with one attached hydrogen (secondary N) is 2. The zero-order chi connectivity index (χ0) is 18.5. The number of aliphatic imine (C=N–C) groups is 1. The molecule has 0 amide bonds. The van der Waals surface area contributed by atoms with E-state index in [9.17, 15) is 0 Å². The maximum absolute atomic E-state index is 5.39. The van der Waals surface area contributed by atoms with Crippen LogP contribution in [-0.4, -0.2) is 86.9 Å². The maximum atomic E-state index is 5.39. The SMILES string of the molecule is CCNC(=NCCCCN1CCOCC1)NCCN(C(C)C)C(C)C. The summed E-state index contributed by atoms with van der Waals surface area (Å²) in [7, 11) is 0. The monoisotopic (exact) mass is 355 g/mol. The van der Waals surface area contributed by atoms with Crippen LogP contribution in [0.3, 0.4) is 0 Å². The van der Waals surface area contributed by atoms with Crippen molar-refractivity contribution >= 4 is 5.96 Å². The molecule has 0 aromatic carbocycles. The van der Waals surface area contributed by atoms with Gasteiger partial charge < -0.3 is 15.4 Å². The summed E-state index contributed by atoms with van der Waals surface area (Å²) in [4.78, 5) is 9.70. The van der Waals surface area contributed by atoms with E-state index in [-0.39, 0.29) is 0 Å². The molecule has 148 valence electrons. The highest BCUT2D eigenvalue weighted by atomic mass is 16.5. The van der Waals surface area contributed by atoms with Gasteiger partial charge in [0.15, 0.2) is 5.96 Å². The summed E-state index contributed by atoms with van der Waals surface area (Å²) < 4.78 is 5.39. The number of ether oxygens (including phenoxy) is 1. The molecule has 1 heterocycles. The molecule has 0 aromatic rings. The van der Waals surface area contributed by atoms with Gasteiger partial charge in [-0.3, -0.25) is 14.8 Å². The molecule has 1 aliphatic rings. The van der Waals surface area contributed by atoms with Crippen LogP contribution in [0.1, 0.15) is 47.5 Å². The van der Waals surface area contributed by atoms with Gasteiger partial charge in [-0.25, -0.2) is 0 Å². The largest absolute Gasteiger partial charge is 0.379 e. The Morgan fingerprint density at radius 1 is 1.08 bits per heavy atom. The number of unbranched alkanes of at least 4 members (excludes halogenated alkanes) is 1. The van der Waals surface area contributed by atoms with Crippen molar-refractivity contribution in [1.82, 2.24) is 20.4 Å². The molecule has 0 unspecified atom stereocenters. The number of guanidine groups is 1. The first-order chi connectivity index (χ1) is 12.0. The highest BCUT2D eigenvalue weighted by Gasteiger charge is 2.12. The summed E-state index contributed by atoms with van der Waals surface area (Å²) in [5.41, 5.74) is 0. The molecule has 0 aliphatic carbocycles. The molecule has 1 aliphatic heterocycles. The molecule has 1 fully saturated rings. The Hall–Kier alpha value is -0.850. The summed E-state index contributed by atoms with van der Waals surface area (Å²) in [6.45, 7) is 20.0. The number of rotatable bonds is 11. The second-order valence-electron chi connectivity index (χ2n) is 7.27. The van der Waals surface area contributed by atoms with Crippen LogP contribution >= 0.6 is 0 Å². The molecule has 0 aromatic heterocycles. The average molecular weight is 356 g/mol. The Morgan fingerprint density at radius 2 is 1.76 bits per heavy atom. The van der Waals surface area contributed by atoms with Crippen LogP contribution in [0.25, 0.3) is 0 Å². The minimum atomic E-state index is 0.571. The number of hydrogen-bond donors (Lipinski definition) is 2. The van der Waals surface area contributed by atoms with Gasteiger partial charge in [0, 0.05) is 51.4 Å². The summed E-state index contributed by atoms with van der Waals surface area (Å²) in [6, 6.07) is 1.14. The zero-order valence-corrected chi connectivity index (χ0v) is 17.2. The molecule has 0 atom stereocenters. The molecule has 0 bridgehead atoms. The minimum Gasteiger partial charge on any atom is -0.379 e. The molecule has 6 heteroatoms. The standard InChI is InChI=1S/C19H41N5O/c1-6-20-19(22-10-12-24(17(2)3)18(4)5)21-9-7-8-11-23-13-15-25-16-14-23/h17-18H,6-16H2,1-5H3,(H2,20,21,22). The number of hydrogen-bond acceptors (Lipinski definition) is 4. The predicted octanol–water partition coefficient (Wildman–Crippen LogP) is 1.77. The molecule has 0 radical (unpaired) electrons. The van der Waals surface area contributed by atoms with Crippen molar-refractivity contribution < 1.29 is 4.74 Å². The lowest BCUT2D eigenvalue weighted by molar-refractivity contribution is 0.0373. The van der Waals surface area contributed by atoms with Crippen molar-refractivity contribution in [3.05, 3.63) is 0 Å². The zero-order valence-electron chi connectivity index (χ0n) is 17.2. The summed E-state index contributed by atoms with van der Waals surface area (Å²) in [6.07, 6.45) is 2.34. The summed E-state index contributed by atoms with van der Waals surface area (Å²) in [5, 5.41) is 6.82. The van der Waals surface area contributed by atoms with Crippen LogP contribution in [0.5, 0.6) is 0 Å². The quantitative estimate of drug-likeness (QED) is 0.336. The highest BCUT2D eigenvalue weighted by molar-refractivity contribution is 5.79. The van der Waals surface area contributed by atoms with Crippen LogP contribution in [0.15, 0.2) is 4.99 Å². The van der Waals surface area contributed by atoms with Crippen molar-refractivity contribution in [1.29, 1.82) is 0 Å². The van der Waals surface area contributed by atoms with E-state index in [0.29, 0.717) is 12.1 Å². The van der Waals surface area contributed by atoms with Gasteiger partial charge in [-0.05, 0) is 54.0 Å². The second-order valence-corrected chi connectivity index (χ2v) is 7.27.